The van der Waals surface area contributed by atoms with E-state index in [0.717, 1.165) is 51.4 Å². The van der Waals surface area contributed by atoms with E-state index >= 15 is 0 Å². The normalized spacial score (nSPS) is 23.7. The van der Waals surface area contributed by atoms with E-state index in [1.807, 2.05) is 23.1 Å². The summed E-state index contributed by atoms with van der Waals surface area (Å²) in [4.78, 5) is 20.7. The Morgan fingerprint density at radius 3 is 2.74 bits per heavy atom. The SMILES string of the molecule is O=C([C@H]1CCCO1)N1CCN(c2ccccn2)CC1. The summed E-state index contributed by atoms with van der Waals surface area (Å²) >= 11 is 0. The summed E-state index contributed by atoms with van der Waals surface area (Å²) in [6.07, 6.45) is 3.49. The molecule has 1 aromatic rings. The molecule has 0 spiro atoms. The van der Waals surface area contributed by atoms with Crippen molar-refractivity contribution in [3.63, 3.8) is 0 Å². The molecule has 0 N–H and O–H groups in total. The Morgan fingerprint density at radius 2 is 2.11 bits per heavy atom. The maximum absolute atomic E-state index is 12.2. The highest BCUT2D eigenvalue weighted by Gasteiger charge is 2.30. The summed E-state index contributed by atoms with van der Waals surface area (Å²) in [5.41, 5.74) is 0. The second kappa shape index (κ2) is 5.57. The largest absolute Gasteiger partial charge is 0.368 e. The van der Waals surface area contributed by atoms with Crippen molar-refractivity contribution in [2.75, 3.05) is 37.7 Å². The summed E-state index contributed by atoms with van der Waals surface area (Å²) in [5.74, 6) is 1.16. The average Bonchev–Trinajstić information content (AvgIpc) is 3.02. The topological polar surface area (TPSA) is 45.7 Å². The molecular weight excluding hydrogens is 242 g/mol. The Balaban J connectivity index is 1.56. The van der Waals surface area contributed by atoms with E-state index in [0.29, 0.717) is 0 Å². The average molecular weight is 261 g/mol. The minimum atomic E-state index is -0.193. The number of hydrogen-bond acceptors (Lipinski definition) is 4. The van der Waals surface area contributed by atoms with Gasteiger partial charge >= 0.3 is 0 Å². The molecule has 0 unspecified atom stereocenters. The van der Waals surface area contributed by atoms with Crippen molar-refractivity contribution >= 4 is 11.7 Å². The lowest BCUT2D eigenvalue weighted by atomic mass is 10.2. The molecule has 0 radical (unpaired) electrons. The van der Waals surface area contributed by atoms with Crippen LogP contribution in [0.3, 0.4) is 0 Å². The first-order valence-corrected chi connectivity index (χ1v) is 6.91. The summed E-state index contributed by atoms with van der Waals surface area (Å²) in [7, 11) is 0. The summed E-state index contributed by atoms with van der Waals surface area (Å²) < 4.78 is 5.46. The lowest BCUT2D eigenvalue weighted by Gasteiger charge is -2.36. The Morgan fingerprint density at radius 1 is 1.26 bits per heavy atom. The molecule has 1 atom stereocenters. The summed E-state index contributed by atoms with van der Waals surface area (Å²) in [6, 6.07) is 5.92. The minimum absolute atomic E-state index is 0.165. The zero-order chi connectivity index (χ0) is 13.1. The predicted molar refractivity (Wildman–Crippen MR) is 72.0 cm³/mol. The van der Waals surface area contributed by atoms with Crippen LogP contribution < -0.4 is 4.90 Å². The van der Waals surface area contributed by atoms with Crippen LogP contribution in [0.15, 0.2) is 24.4 Å². The molecule has 5 nitrogen and oxygen atoms in total. The van der Waals surface area contributed by atoms with Gasteiger partial charge in [-0.1, -0.05) is 6.07 Å². The molecule has 0 aliphatic carbocycles. The number of carbonyl (C=O) groups excluding carboxylic acids is 1. The standard InChI is InChI=1S/C14H19N3O2/c18-14(12-4-3-11-19-12)17-9-7-16(8-10-17)13-5-1-2-6-15-13/h1-2,5-6,12H,3-4,7-11H2/t12-/m1/s1. The van der Waals surface area contributed by atoms with Crippen LogP contribution in [0.5, 0.6) is 0 Å². The second-order valence-corrected chi connectivity index (χ2v) is 5.00. The van der Waals surface area contributed by atoms with Crippen LogP contribution in [-0.2, 0) is 9.53 Å². The van der Waals surface area contributed by atoms with E-state index in [9.17, 15) is 4.79 Å². The predicted octanol–water partition coefficient (Wildman–Crippen LogP) is 0.909. The summed E-state index contributed by atoms with van der Waals surface area (Å²) in [5, 5.41) is 0. The van der Waals surface area contributed by atoms with Gasteiger partial charge in [0, 0.05) is 39.0 Å². The number of hydrogen-bond donors (Lipinski definition) is 0. The van der Waals surface area contributed by atoms with Gasteiger partial charge in [-0.2, -0.15) is 0 Å². The fourth-order valence-corrected chi connectivity index (χ4v) is 2.67. The number of nitrogens with zero attached hydrogens (tertiary/aromatic N) is 3. The van der Waals surface area contributed by atoms with Gasteiger partial charge in [-0.3, -0.25) is 4.79 Å². The molecule has 5 heteroatoms. The van der Waals surface area contributed by atoms with Gasteiger partial charge in [0.1, 0.15) is 11.9 Å². The van der Waals surface area contributed by atoms with Crippen LogP contribution in [0, 0.1) is 0 Å². The Hall–Kier alpha value is -1.62. The van der Waals surface area contributed by atoms with Crippen molar-refractivity contribution in [1.82, 2.24) is 9.88 Å². The number of anilines is 1. The molecule has 3 heterocycles. The molecule has 0 bridgehead atoms. The van der Waals surface area contributed by atoms with Gasteiger partial charge in [0.15, 0.2) is 0 Å². The zero-order valence-corrected chi connectivity index (χ0v) is 11.0. The van der Waals surface area contributed by atoms with Crippen LogP contribution in [0.1, 0.15) is 12.8 Å². The van der Waals surface area contributed by atoms with Gasteiger partial charge in [-0.05, 0) is 25.0 Å². The maximum Gasteiger partial charge on any atom is 0.251 e. The highest BCUT2D eigenvalue weighted by molar-refractivity contribution is 5.81. The Kier molecular flexibility index (Phi) is 3.64. The minimum Gasteiger partial charge on any atom is -0.368 e. The van der Waals surface area contributed by atoms with Crippen LogP contribution in [-0.4, -0.2) is 54.7 Å². The van der Waals surface area contributed by atoms with Crippen LogP contribution in [0.4, 0.5) is 5.82 Å². The molecule has 2 aliphatic heterocycles. The molecule has 0 saturated carbocycles. The number of piperazine rings is 1. The van der Waals surface area contributed by atoms with E-state index in [-0.39, 0.29) is 12.0 Å². The van der Waals surface area contributed by atoms with Crippen molar-refractivity contribution in [2.24, 2.45) is 0 Å². The first-order valence-electron chi connectivity index (χ1n) is 6.91. The van der Waals surface area contributed by atoms with Crippen LogP contribution in [0.25, 0.3) is 0 Å². The number of pyridine rings is 1. The third-order valence-electron chi connectivity index (χ3n) is 3.77. The molecule has 19 heavy (non-hydrogen) atoms. The lowest BCUT2D eigenvalue weighted by Crippen LogP contribution is -2.51. The van der Waals surface area contributed by atoms with E-state index in [1.54, 1.807) is 6.20 Å². The second-order valence-electron chi connectivity index (χ2n) is 5.00. The van der Waals surface area contributed by atoms with Crippen molar-refractivity contribution in [3.8, 4) is 0 Å². The number of ether oxygens (including phenoxy) is 1. The molecule has 2 saturated heterocycles. The quantitative estimate of drug-likeness (QED) is 0.794. The van der Waals surface area contributed by atoms with Gasteiger partial charge in [-0.15, -0.1) is 0 Å². The molecule has 1 aromatic heterocycles. The molecule has 2 fully saturated rings. The monoisotopic (exact) mass is 261 g/mol. The van der Waals surface area contributed by atoms with Crippen molar-refractivity contribution in [2.45, 2.75) is 18.9 Å². The third-order valence-corrected chi connectivity index (χ3v) is 3.77. The molecule has 102 valence electrons. The maximum atomic E-state index is 12.2. The third kappa shape index (κ3) is 2.71. The van der Waals surface area contributed by atoms with E-state index in [4.69, 9.17) is 4.74 Å². The number of rotatable bonds is 2. The molecular formula is C14H19N3O2. The van der Waals surface area contributed by atoms with Crippen molar-refractivity contribution in [3.05, 3.63) is 24.4 Å². The Bertz CT molecular complexity index is 424. The van der Waals surface area contributed by atoms with Crippen molar-refractivity contribution < 1.29 is 9.53 Å². The van der Waals surface area contributed by atoms with E-state index in [1.165, 1.54) is 0 Å². The van der Waals surface area contributed by atoms with Crippen LogP contribution in [0.2, 0.25) is 0 Å². The molecule has 1 amide bonds. The first-order chi connectivity index (χ1) is 9.34. The van der Waals surface area contributed by atoms with Gasteiger partial charge < -0.3 is 14.5 Å². The van der Waals surface area contributed by atoms with Gasteiger partial charge in [-0.25, -0.2) is 4.98 Å². The molecule has 0 aromatic carbocycles. The summed E-state index contributed by atoms with van der Waals surface area (Å²) in [6.45, 7) is 3.93. The van der Waals surface area contributed by atoms with Crippen LogP contribution >= 0.6 is 0 Å². The van der Waals surface area contributed by atoms with Crippen molar-refractivity contribution in [1.29, 1.82) is 0 Å². The fraction of sp³-hybridized carbons (Fsp3) is 0.571. The number of carbonyl (C=O) groups is 1. The molecule has 2 aliphatic rings. The number of aromatic nitrogens is 1. The van der Waals surface area contributed by atoms with Gasteiger partial charge in [0.25, 0.3) is 5.91 Å². The van der Waals surface area contributed by atoms with E-state index in [2.05, 4.69) is 9.88 Å². The zero-order valence-electron chi connectivity index (χ0n) is 11.0. The Labute approximate surface area is 113 Å². The lowest BCUT2D eigenvalue weighted by molar-refractivity contribution is -0.141. The van der Waals surface area contributed by atoms with Gasteiger partial charge in [0.2, 0.25) is 0 Å². The first kappa shape index (κ1) is 12.4. The molecule has 3 rings (SSSR count). The fourth-order valence-electron chi connectivity index (χ4n) is 2.67. The highest BCUT2D eigenvalue weighted by atomic mass is 16.5. The van der Waals surface area contributed by atoms with E-state index < -0.39 is 0 Å². The highest BCUT2D eigenvalue weighted by Crippen LogP contribution is 2.17. The number of amides is 1. The smallest absolute Gasteiger partial charge is 0.251 e. The van der Waals surface area contributed by atoms with Gasteiger partial charge in [0.05, 0.1) is 0 Å².